The second-order valence-corrected chi connectivity index (χ2v) is 3.92. The van der Waals surface area contributed by atoms with E-state index in [-0.39, 0.29) is 0 Å². The summed E-state index contributed by atoms with van der Waals surface area (Å²) in [4.78, 5) is 0. The Morgan fingerprint density at radius 3 is 2.77 bits per heavy atom. The first-order valence-electron chi connectivity index (χ1n) is 3.98. The maximum Gasteiger partial charge on any atom is 0.133 e. The number of para-hydroxylation sites is 1. The molecule has 0 aliphatic carbocycles. The lowest BCUT2D eigenvalue weighted by atomic mass is 10.3. The molecular weight excluding hydrogens is 295 g/mol. The van der Waals surface area contributed by atoms with E-state index in [9.17, 15) is 0 Å². The minimum absolute atomic E-state index is 0.612. The zero-order valence-electron chi connectivity index (χ0n) is 7.11. The van der Waals surface area contributed by atoms with E-state index in [1.54, 1.807) is 0 Å². The van der Waals surface area contributed by atoms with Crippen LogP contribution in [0.2, 0.25) is 0 Å². The molecule has 0 fully saturated rings. The van der Waals surface area contributed by atoms with Gasteiger partial charge in [-0.3, -0.25) is 0 Å². The Bertz CT molecular complexity index is 286. The molecule has 0 aliphatic heterocycles. The Kier molecular flexibility index (Phi) is 5.31. The summed E-state index contributed by atoms with van der Waals surface area (Å²) in [5.41, 5.74) is 0. The van der Waals surface area contributed by atoms with Crippen LogP contribution >= 0.6 is 35.2 Å². The third-order valence-corrected chi connectivity index (χ3v) is 2.55. The summed E-state index contributed by atoms with van der Waals surface area (Å²) in [6.45, 7) is 0.612. The van der Waals surface area contributed by atoms with Gasteiger partial charge in [-0.05, 0) is 34.7 Å². The molecule has 0 saturated carbocycles. The third kappa shape index (κ3) is 4.04. The van der Waals surface area contributed by atoms with Gasteiger partial charge in [0.05, 0.1) is 3.57 Å². The highest BCUT2D eigenvalue weighted by atomic mass is 127. The molecule has 0 unspecified atom stereocenters. The first-order chi connectivity index (χ1) is 6.34. The van der Waals surface area contributed by atoms with Gasteiger partial charge >= 0.3 is 0 Å². The lowest BCUT2D eigenvalue weighted by Gasteiger charge is -2.04. The van der Waals surface area contributed by atoms with Crippen LogP contribution in [0.25, 0.3) is 0 Å². The molecule has 13 heavy (non-hydrogen) atoms. The molecule has 0 aliphatic rings. The highest BCUT2D eigenvalue weighted by Crippen LogP contribution is 2.19. The van der Waals surface area contributed by atoms with Crippen molar-refractivity contribution in [2.75, 3.05) is 12.4 Å². The molecule has 0 amide bonds. The summed E-state index contributed by atoms with van der Waals surface area (Å²) < 4.78 is 6.65. The van der Waals surface area contributed by atoms with Crippen LogP contribution < -0.4 is 4.74 Å². The second-order valence-electron chi connectivity index (χ2n) is 2.40. The Morgan fingerprint density at radius 1 is 1.31 bits per heavy atom. The molecule has 0 heterocycles. The zero-order chi connectivity index (χ0) is 9.52. The fraction of sp³-hybridized carbons (Fsp3) is 0.200. The van der Waals surface area contributed by atoms with Crippen LogP contribution in [0, 0.1) is 3.57 Å². The van der Waals surface area contributed by atoms with Crippen molar-refractivity contribution in [3.05, 3.63) is 40.0 Å². The molecule has 0 radical (unpaired) electrons. The van der Waals surface area contributed by atoms with Gasteiger partial charge in [-0.15, -0.1) is 0 Å². The van der Waals surface area contributed by atoms with Crippen LogP contribution in [-0.2, 0) is 0 Å². The van der Waals surface area contributed by atoms with Crippen molar-refractivity contribution >= 4 is 35.2 Å². The molecule has 1 aromatic rings. The highest BCUT2D eigenvalue weighted by Gasteiger charge is 1.95. The van der Waals surface area contributed by atoms with Gasteiger partial charge in [0.15, 0.2) is 0 Å². The van der Waals surface area contributed by atoms with E-state index in [1.165, 1.54) is 0 Å². The SMILES string of the molecule is SCC=CCOc1ccccc1I. The minimum Gasteiger partial charge on any atom is -0.488 e. The number of benzene rings is 1. The van der Waals surface area contributed by atoms with Gasteiger partial charge in [0.25, 0.3) is 0 Å². The maximum atomic E-state index is 5.51. The Morgan fingerprint density at radius 2 is 2.08 bits per heavy atom. The first kappa shape index (κ1) is 10.9. The molecule has 1 rings (SSSR count). The summed E-state index contributed by atoms with van der Waals surface area (Å²) in [7, 11) is 0. The molecule has 70 valence electrons. The topological polar surface area (TPSA) is 9.23 Å². The number of rotatable bonds is 4. The smallest absolute Gasteiger partial charge is 0.133 e. The molecule has 0 atom stereocenters. The molecule has 0 N–H and O–H groups in total. The van der Waals surface area contributed by atoms with Gasteiger partial charge in [0, 0.05) is 5.75 Å². The van der Waals surface area contributed by atoms with Crippen molar-refractivity contribution < 1.29 is 4.74 Å². The van der Waals surface area contributed by atoms with Crippen LogP contribution in [0.15, 0.2) is 36.4 Å². The predicted molar refractivity (Wildman–Crippen MR) is 67.6 cm³/mol. The summed E-state index contributed by atoms with van der Waals surface area (Å²) >= 11 is 6.31. The maximum absolute atomic E-state index is 5.51. The molecule has 1 nitrogen and oxygen atoms in total. The summed E-state index contributed by atoms with van der Waals surface area (Å²) in [5, 5.41) is 0. The third-order valence-electron chi connectivity index (χ3n) is 1.44. The quantitative estimate of drug-likeness (QED) is 0.511. The minimum atomic E-state index is 0.612. The van der Waals surface area contributed by atoms with E-state index in [0.717, 1.165) is 15.1 Å². The van der Waals surface area contributed by atoms with Crippen LogP contribution in [0.5, 0.6) is 5.75 Å². The monoisotopic (exact) mass is 306 g/mol. The Balaban J connectivity index is 2.45. The lowest BCUT2D eigenvalue weighted by Crippen LogP contribution is -1.94. The van der Waals surface area contributed by atoms with Crippen molar-refractivity contribution in [2.24, 2.45) is 0 Å². The van der Waals surface area contributed by atoms with Crippen molar-refractivity contribution in [3.63, 3.8) is 0 Å². The van der Waals surface area contributed by atoms with Crippen LogP contribution in [0.4, 0.5) is 0 Å². The first-order valence-corrected chi connectivity index (χ1v) is 5.69. The fourth-order valence-electron chi connectivity index (χ4n) is 0.842. The van der Waals surface area contributed by atoms with Crippen LogP contribution in [0.1, 0.15) is 0 Å². The predicted octanol–water partition coefficient (Wildman–Crippen LogP) is 3.16. The van der Waals surface area contributed by atoms with E-state index in [2.05, 4.69) is 35.2 Å². The highest BCUT2D eigenvalue weighted by molar-refractivity contribution is 14.1. The summed E-state index contributed by atoms with van der Waals surface area (Å²) in [6.07, 6.45) is 3.94. The largest absolute Gasteiger partial charge is 0.488 e. The number of hydrogen-bond acceptors (Lipinski definition) is 2. The van der Waals surface area contributed by atoms with Gasteiger partial charge < -0.3 is 4.74 Å². The summed E-state index contributed by atoms with van der Waals surface area (Å²) in [6, 6.07) is 7.96. The average molecular weight is 306 g/mol. The van der Waals surface area contributed by atoms with E-state index >= 15 is 0 Å². The number of hydrogen-bond donors (Lipinski definition) is 1. The molecule has 0 saturated heterocycles. The van der Waals surface area contributed by atoms with Crippen molar-refractivity contribution in [1.29, 1.82) is 0 Å². The van der Waals surface area contributed by atoms with Gasteiger partial charge in [-0.2, -0.15) is 12.6 Å². The lowest BCUT2D eigenvalue weighted by molar-refractivity contribution is 0.360. The molecule has 0 aromatic heterocycles. The van der Waals surface area contributed by atoms with E-state index in [1.807, 2.05) is 36.4 Å². The van der Waals surface area contributed by atoms with E-state index in [4.69, 9.17) is 4.74 Å². The molecule has 0 spiro atoms. The Labute approximate surface area is 97.7 Å². The van der Waals surface area contributed by atoms with E-state index < -0.39 is 0 Å². The number of halogens is 1. The Hall–Kier alpha value is -0.160. The standard InChI is InChI=1S/C10H11IOS/c11-9-5-1-2-6-10(9)12-7-3-4-8-13/h1-6,13H,7-8H2. The number of thiol groups is 1. The second kappa shape index (κ2) is 6.32. The average Bonchev–Trinajstić information content (AvgIpc) is 2.15. The van der Waals surface area contributed by atoms with Gasteiger partial charge in [0.2, 0.25) is 0 Å². The normalized spacial score (nSPS) is 10.6. The fourth-order valence-corrected chi connectivity index (χ4v) is 1.53. The zero-order valence-corrected chi connectivity index (χ0v) is 10.2. The van der Waals surface area contributed by atoms with Crippen LogP contribution in [0.3, 0.4) is 0 Å². The molecule has 0 bridgehead atoms. The molecule has 1 aromatic carbocycles. The number of ether oxygens (including phenoxy) is 1. The van der Waals surface area contributed by atoms with Crippen LogP contribution in [-0.4, -0.2) is 12.4 Å². The molecular formula is C10H11IOS. The van der Waals surface area contributed by atoms with Crippen molar-refractivity contribution in [3.8, 4) is 5.75 Å². The van der Waals surface area contributed by atoms with Gasteiger partial charge in [-0.1, -0.05) is 24.3 Å². The van der Waals surface area contributed by atoms with Crippen molar-refractivity contribution in [2.45, 2.75) is 0 Å². The molecule has 3 heteroatoms. The van der Waals surface area contributed by atoms with Crippen molar-refractivity contribution in [1.82, 2.24) is 0 Å². The van der Waals surface area contributed by atoms with Gasteiger partial charge in [0.1, 0.15) is 12.4 Å². The summed E-state index contributed by atoms with van der Waals surface area (Å²) in [5.74, 6) is 1.70. The van der Waals surface area contributed by atoms with Gasteiger partial charge in [-0.25, -0.2) is 0 Å². The van der Waals surface area contributed by atoms with E-state index in [0.29, 0.717) is 6.61 Å².